The van der Waals surface area contributed by atoms with Crippen molar-refractivity contribution < 1.29 is 0 Å². The van der Waals surface area contributed by atoms with E-state index in [1.807, 2.05) is 25.6 Å². The fourth-order valence-corrected chi connectivity index (χ4v) is 3.82. The first-order chi connectivity index (χ1) is 12.3. The summed E-state index contributed by atoms with van der Waals surface area (Å²) in [5.74, 6) is 1.10. The highest BCUT2D eigenvalue weighted by Crippen LogP contribution is 2.21. The summed E-state index contributed by atoms with van der Waals surface area (Å²) < 4.78 is 1.80. The Labute approximate surface area is 151 Å². The quantitative estimate of drug-likeness (QED) is 0.738. The minimum Gasteiger partial charge on any atom is -0.357 e. The second-order valence-electron chi connectivity index (χ2n) is 6.35. The number of pyridine rings is 1. The molecule has 1 saturated heterocycles. The normalized spacial score (nSPS) is 14.4. The number of thiazole rings is 1. The van der Waals surface area contributed by atoms with Crippen molar-refractivity contribution in [3.05, 3.63) is 46.7 Å². The van der Waals surface area contributed by atoms with Gasteiger partial charge in [-0.1, -0.05) is 6.07 Å². The van der Waals surface area contributed by atoms with Gasteiger partial charge in [0.05, 0.1) is 11.9 Å². The van der Waals surface area contributed by atoms with Crippen LogP contribution in [0.5, 0.6) is 0 Å². The van der Waals surface area contributed by atoms with E-state index in [4.69, 9.17) is 0 Å². The monoisotopic (exact) mass is 354 g/mol. The third-order valence-corrected chi connectivity index (χ3v) is 5.25. The Morgan fingerprint density at radius 1 is 1.16 bits per heavy atom. The zero-order valence-electron chi connectivity index (χ0n) is 14.4. The van der Waals surface area contributed by atoms with E-state index in [-0.39, 0.29) is 0 Å². The molecule has 1 N–H and O–H groups in total. The number of hydrogen-bond donors (Lipinski definition) is 1. The fraction of sp³-hybridized carbons (Fsp3) is 0.389. The lowest BCUT2D eigenvalue weighted by atomic mass is 10.2. The third-order valence-electron chi connectivity index (χ3n) is 4.40. The summed E-state index contributed by atoms with van der Waals surface area (Å²) in [6, 6.07) is 4.29. The maximum atomic E-state index is 4.67. The van der Waals surface area contributed by atoms with E-state index in [1.165, 1.54) is 18.4 Å². The maximum Gasteiger partial charge on any atom is 0.128 e. The van der Waals surface area contributed by atoms with Crippen LogP contribution in [-0.2, 0) is 20.1 Å². The van der Waals surface area contributed by atoms with Crippen molar-refractivity contribution >= 4 is 17.2 Å². The predicted octanol–water partition coefficient (Wildman–Crippen LogP) is 2.83. The fourth-order valence-electron chi connectivity index (χ4n) is 3.05. The molecule has 0 aromatic carbocycles. The van der Waals surface area contributed by atoms with Crippen LogP contribution >= 0.6 is 11.3 Å². The Morgan fingerprint density at radius 2 is 2.04 bits per heavy atom. The van der Waals surface area contributed by atoms with E-state index in [0.717, 1.165) is 48.3 Å². The van der Waals surface area contributed by atoms with Crippen molar-refractivity contribution in [1.29, 1.82) is 0 Å². The molecule has 6 nitrogen and oxygen atoms in total. The second kappa shape index (κ2) is 7.33. The van der Waals surface area contributed by atoms with Gasteiger partial charge in [0, 0.05) is 56.6 Å². The minimum absolute atomic E-state index is 0.763. The number of anilines is 1. The van der Waals surface area contributed by atoms with Gasteiger partial charge in [0.25, 0.3) is 0 Å². The smallest absolute Gasteiger partial charge is 0.128 e. The average molecular weight is 354 g/mol. The molecule has 0 unspecified atom stereocenters. The molecule has 7 heteroatoms. The molecule has 0 atom stereocenters. The Bertz CT molecular complexity index is 816. The average Bonchev–Trinajstić information content (AvgIpc) is 3.37. The Kier molecular flexibility index (Phi) is 4.76. The van der Waals surface area contributed by atoms with Crippen molar-refractivity contribution in [3.63, 3.8) is 0 Å². The zero-order valence-corrected chi connectivity index (χ0v) is 15.2. The standard InChI is InChI=1S/C18H22N6S/c1-23-12-15(10-21-23)16-13-25-18(22-16)11-19-8-14-4-5-17(20-9-14)24-6-2-3-7-24/h4-5,9-10,12-13,19H,2-3,6-8,11H2,1H3. The highest BCUT2D eigenvalue weighted by Gasteiger charge is 2.13. The van der Waals surface area contributed by atoms with Gasteiger partial charge in [0.2, 0.25) is 0 Å². The molecule has 25 heavy (non-hydrogen) atoms. The van der Waals surface area contributed by atoms with Crippen molar-refractivity contribution in [2.75, 3.05) is 18.0 Å². The highest BCUT2D eigenvalue weighted by molar-refractivity contribution is 7.09. The molecule has 1 aliphatic heterocycles. The van der Waals surface area contributed by atoms with Gasteiger partial charge in [-0.3, -0.25) is 4.68 Å². The molecule has 3 aromatic rings. The molecule has 0 aliphatic carbocycles. The summed E-state index contributed by atoms with van der Waals surface area (Å²) in [7, 11) is 1.92. The summed E-state index contributed by atoms with van der Waals surface area (Å²) in [6.07, 6.45) is 8.36. The van der Waals surface area contributed by atoms with Gasteiger partial charge in [-0.15, -0.1) is 11.3 Å². The molecule has 4 rings (SSSR count). The molecule has 0 saturated carbocycles. The molecule has 3 aromatic heterocycles. The van der Waals surface area contributed by atoms with Crippen molar-refractivity contribution in [2.45, 2.75) is 25.9 Å². The van der Waals surface area contributed by atoms with Crippen LogP contribution in [0.15, 0.2) is 36.1 Å². The van der Waals surface area contributed by atoms with Crippen LogP contribution in [0.1, 0.15) is 23.4 Å². The third kappa shape index (κ3) is 3.88. The first kappa shape index (κ1) is 16.2. The minimum atomic E-state index is 0.763. The van der Waals surface area contributed by atoms with Gasteiger partial charge in [-0.05, 0) is 24.5 Å². The molecular formula is C18H22N6S. The molecule has 0 spiro atoms. The lowest BCUT2D eigenvalue weighted by Gasteiger charge is -2.16. The lowest BCUT2D eigenvalue weighted by molar-refractivity contribution is 0.688. The molecule has 1 fully saturated rings. The van der Waals surface area contributed by atoms with Gasteiger partial charge < -0.3 is 10.2 Å². The van der Waals surface area contributed by atoms with Gasteiger partial charge in [0.15, 0.2) is 0 Å². The summed E-state index contributed by atoms with van der Waals surface area (Å²) in [4.78, 5) is 11.6. The van der Waals surface area contributed by atoms with E-state index in [1.54, 1.807) is 16.0 Å². The first-order valence-electron chi connectivity index (χ1n) is 8.62. The van der Waals surface area contributed by atoms with Crippen LogP contribution in [0, 0.1) is 0 Å². The number of rotatable bonds is 6. The summed E-state index contributed by atoms with van der Waals surface area (Å²) in [5.41, 5.74) is 3.25. The molecule has 0 amide bonds. The summed E-state index contributed by atoms with van der Waals surface area (Å²) in [5, 5.41) is 10.8. The summed E-state index contributed by atoms with van der Waals surface area (Å²) in [6.45, 7) is 3.83. The number of aryl methyl sites for hydroxylation is 1. The van der Waals surface area contributed by atoms with Crippen molar-refractivity contribution in [3.8, 4) is 11.3 Å². The number of hydrogen-bond acceptors (Lipinski definition) is 6. The maximum absolute atomic E-state index is 4.67. The molecule has 1 aliphatic rings. The van der Waals surface area contributed by atoms with Gasteiger partial charge in [-0.2, -0.15) is 5.10 Å². The van der Waals surface area contributed by atoms with Gasteiger partial charge in [-0.25, -0.2) is 9.97 Å². The molecule has 130 valence electrons. The van der Waals surface area contributed by atoms with E-state index in [0.29, 0.717) is 0 Å². The van der Waals surface area contributed by atoms with Gasteiger partial charge >= 0.3 is 0 Å². The lowest BCUT2D eigenvalue weighted by Crippen LogP contribution is -2.19. The number of nitrogens with one attached hydrogen (secondary N) is 1. The van der Waals surface area contributed by atoms with E-state index in [2.05, 4.69) is 42.8 Å². The van der Waals surface area contributed by atoms with Crippen molar-refractivity contribution in [2.24, 2.45) is 7.05 Å². The number of nitrogens with zero attached hydrogens (tertiary/aromatic N) is 5. The topological polar surface area (TPSA) is 58.9 Å². The predicted molar refractivity (Wildman–Crippen MR) is 101 cm³/mol. The molecular weight excluding hydrogens is 332 g/mol. The first-order valence-corrected chi connectivity index (χ1v) is 9.50. The van der Waals surface area contributed by atoms with E-state index >= 15 is 0 Å². The van der Waals surface area contributed by atoms with E-state index in [9.17, 15) is 0 Å². The van der Waals surface area contributed by atoms with E-state index < -0.39 is 0 Å². The largest absolute Gasteiger partial charge is 0.357 e. The van der Waals surface area contributed by atoms with Gasteiger partial charge in [0.1, 0.15) is 10.8 Å². The highest BCUT2D eigenvalue weighted by atomic mass is 32.1. The zero-order chi connectivity index (χ0) is 17.1. The van der Waals surface area contributed by atoms with Crippen LogP contribution in [0.3, 0.4) is 0 Å². The number of aromatic nitrogens is 4. The SMILES string of the molecule is Cn1cc(-c2csc(CNCc3ccc(N4CCCC4)nc3)n2)cn1. The van der Waals surface area contributed by atoms with Crippen LogP contribution in [0.25, 0.3) is 11.3 Å². The summed E-state index contributed by atoms with van der Waals surface area (Å²) >= 11 is 1.68. The molecule has 0 radical (unpaired) electrons. The van der Waals surface area contributed by atoms with Crippen molar-refractivity contribution in [1.82, 2.24) is 25.1 Å². The van der Waals surface area contributed by atoms with Crippen LogP contribution in [-0.4, -0.2) is 32.8 Å². The second-order valence-corrected chi connectivity index (χ2v) is 7.29. The molecule has 4 heterocycles. The Hall–Kier alpha value is -2.25. The van der Waals surface area contributed by atoms with Crippen LogP contribution < -0.4 is 10.2 Å². The molecule has 0 bridgehead atoms. The Morgan fingerprint density at radius 3 is 2.76 bits per heavy atom. The van der Waals surface area contributed by atoms with Crippen LogP contribution in [0.2, 0.25) is 0 Å². The Balaban J connectivity index is 1.29. The van der Waals surface area contributed by atoms with Crippen LogP contribution in [0.4, 0.5) is 5.82 Å².